The van der Waals surface area contributed by atoms with Gasteiger partial charge in [0.2, 0.25) is 11.8 Å². The van der Waals surface area contributed by atoms with Gasteiger partial charge < -0.3 is 10.2 Å². The topological polar surface area (TPSA) is 86.8 Å². The highest BCUT2D eigenvalue weighted by molar-refractivity contribution is 7.92. The number of nitrogens with zero attached hydrogens (tertiary/aromatic N) is 2. The summed E-state index contributed by atoms with van der Waals surface area (Å²) >= 11 is 0. The molecule has 7 nitrogen and oxygen atoms in total. The lowest BCUT2D eigenvalue weighted by molar-refractivity contribution is -0.139. The van der Waals surface area contributed by atoms with Gasteiger partial charge in [-0.25, -0.2) is 8.42 Å². The molecule has 0 bridgehead atoms. The molecule has 0 radical (unpaired) electrons. The normalized spacial score (nSPS) is 12.1. The predicted octanol–water partition coefficient (Wildman–Crippen LogP) is 4.28. The van der Waals surface area contributed by atoms with Gasteiger partial charge in [-0.05, 0) is 75.6 Å². The number of carbonyl (C=O) groups is 2. The van der Waals surface area contributed by atoms with Crippen LogP contribution >= 0.6 is 0 Å². The zero-order chi connectivity index (χ0) is 27.3. The number of benzene rings is 3. The number of sulfonamides is 1. The standard InChI is InChI=1S/C29H35N3O4S/c1-20-7-12-25(13-8-20)18-31(24(5)29(34)30-6)28(33)19-32(26-14-11-22(3)23(4)17-26)37(35,36)27-15-9-21(2)10-16-27/h7-17,24H,18-19H2,1-6H3,(H,30,34)/t24-/m1/s1. The molecular formula is C29H35N3O4S. The first-order chi connectivity index (χ1) is 17.4. The molecule has 0 aliphatic heterocycles. The highest BCUT2D eigenvalue weighted by Gasteiger charge is 2.32. The van der Waals surface area contributed by atoms with Gasteiger partial charge >= 0.3 is 0 Å². The second kappa shape index (κ2) is 11.6. The van der Waals surface area contributed by atoms with Gasteiger partial charge in [0.25, 0.3) is 10.0 Å². The molecule has 0 unspecified atom stereocenters. The van der Waals surface area contributed by atoms with Crippen LogP contribution in [0.3, 0.4) is 0 Å². The molecule has 3 aromatic carbocycles. The Bertz CT molecular complexity index is 1370. The molecule has 37 heavy (non-hydrogen) atoms. The lowest BCUT2D eigenvalue weighted by Gasteiger charge is -2.32. The van der Waals surface area contributed by atoms with E-state index in [4.69, 9.17) is 0 Å². The molecule has 1 atom stereocenters. The first-order valence-electron chi connectivity index (χ1n) is 12.2. The van der Waals surface area contributed by atoms with Crippen molar-refractivity contribution in [1.82, 2.24) is 10.2 Å². The third-order valence-corrected chi connectivity index (χ3v) is 8.34. The summed E-state index contributed by atoms with van der Waals surface area (Å²) < 4.78 is 28.8. The number of aryl methyl sites for hydroxylation is 4. The second-order valence-corrected chi connectivity index (χ2v) is 11.3. The SMILES string of the molecule is CNC(=O)[C@@H](C)N(Cc1ccc(C)cc1)C(=O)CN(c1ccc(C)c(C)c1)S(=O)(=O)c1ccc(C)cc1. The molecule has 2 amide bonds. The Hall–Kier alpha value is -3.65. The van der Waals surface area contributed by atoms with Gasteiger partial charge in [-0.15, -0.1) is 0 Å². The number of amides is 2. The number of hydrogen-bond acceptors (Lipinski definition) is 4. The molecule has 8 heteroatoms. The molecule has 0 aliphatic carbocycles. The van der Waals surface area contributed by atoms with Crippen LogP contribution < -0.4 is 9.62 Å². The quantitative estimate of drug-likeness (QED) is 0.455. The van der Waals surface area contributed by atoms with E-state index in [1.54, 1.807) is 43.3 Å². The van der Waals surface area contributed by atoms with E-state index in [1.807, 2.05) is 58.0 Å². The van der Waals surface area contributed by atoms with Gasteiger partial charge in [0.05, 0.1) is 10.6 Å². The number of nitrogens with one attached hydrogen (secondary N) is 1. The summed E-state index contributed by atoms with van der Waals surface area (Å²) in [5.74, 6) is -0.815. The Morgan fingerprint density at radius 2 is 1.41 bits per heavy atom. The van der Waals surface area contributed by atoms with Crippen LogP contribution in [-0.4, -0.2) is 44.8 Å². The summed E-state index contributed by atoms with van der Waals surface area (Å²) in [6.07, 6.45) is 0. The number of hydrogen-bond donors (Lipinski definition) is 1. The van der Waals surface area contributed by atoms with Gasteiger partial charge in [-0.3, -0.25) is 13.9 Å². The highest BCUT2D eigenvalue weighted by Crippen LogP contribution is 2.27. The predicted molar refractivity (Wildman–Crippen MR) is 147 cm³/mol. The van der Waals surface area contributed by atoms with Crippen LogP contribution in [0.5, 0.6) is 0 Å². The number of likely N-dealkylation sites (N-methyl/N-ethyl adjacent to an activating group) is 1. The Kier molecular flexibility index (Phi) is 8.76. The molecule has 196 valence electrons. The van der Waals surface area contributed by atoms with Crippen molar-refractivity contribution in [2.45, 2.75) is 52.1 Å². The zero-order valence-corrected chi connectivity index (χ0v) is 23.1. The molecule has 1 N–H and O–H groups in total. The van der Waals surface area contributed by atoms with Gasteiger partial charge in [0.15, 0.2) is 0 Å². The van der Waals surface area contributed by atoms with E-state index in [0.717, 1.165) is 32.1 Å². The maximum absolute atomic E-state index is 13.8. The van der Waals surface area contributed by atoms with E-state index in [2.05, 4.69) is 5.32 Å². The van der Waals surface area contributed by atoms with Crippen molar-refractivity contribution in [3.8, 4) is 0 Å². The lowest BCUT2D eigenvalue weighted by atomic mass is 10.1. The summed E-state index contributed by atoms with van der Waals surface area (Å²) in [4.78, 5) is 27.8. The first kappa shape index (κ1) is 27.9. The van der Waals surface area contributed by atoms with E-state index in [9.17, 15) is 18.0 Å². The van der Waals surface area contributed by atoms with Gasteiger partial charge in [-0.2, -0.15) is 0 Å². The summed E-state index contributed by atoms with van der Waals surface area (Å²) in [5.41, 5.74) is 5.15. The summed E-state index contributed by atoms with van der Waals surface area (Å²) in [6, 6.07) is 18.7. The van der Waals surface area contributed by atoms with Crippen LogP contribution in [0.2, 0.25) is 0 Å². The minimum absolute atomic E-state index is 0.0913. The van der Waals surface area contributed by atoms with Crippen molar-refractivity contribution in [2.75, 3.05) is 17.9 Å². The fraction of sp³-hybridized carbons (Fsp3) is 0.310. The highest BCUT2D eigenvalue weighted by atomic mass is 32.2. The van der Waals surface area contributed by atoms with Crippen molar-refractivity contribution in [3.63, 3.8) is 0 Å². The molecule has 3 rings (SSSR count). The summed E-state index contributed by atoms with van der Waals surface area (Å²) in [7, 11) is -2.56. The Morgan fingerprint density at radius 1 is 0.838 bits per heavy atom. The molecule has 0 aromatic heterocycles. The van der Waals surface area contributed by atoms with Crippen molar-refractivity contribution < 1.29 is 18.0 Å². The third kappa shape index (κ3) is 6.57. The van der Waals surface area contributed by atoms with Crippen molar-refractivity contribution in [3.05, 3.63) is 94.5 Å². The number of anilines is 1. The molecule has 0 fully saturated rings. The minimum Gasteiger partial charge on any atom is -0.357 e. The van der Waals surface area contributed by atoms with E-state index in [-0.39, 0.29) is 17.3 Å². The number of rotatable bonds is 9. The third-order valence-electron chi connectivity index (χ3n) is 6.55. The summed E-state index contributed by atoms with van der Waals surface area (Å²) in [6.45, 7) is 9.04. The van der Waals surface area contributed by atoms with Crippen molar-refractivity contribution in [2.24, 2.45) is 0 Å². The lowest BCUT2D eigenvalue weighted by Crippen LogP contribution is -2.50. The molecule has 3 aromatic rings. The van der Waals surface area contributed by atoms with Crippen LogP contribution in [0.1, 0.15) is 34.7 Å². The van der Waals surface area contributed by atoms with E-state index < -0.39 is 28.5 Å². The molecule has 0 saturated carbocycles. The Labute approximate surface area is 220 Å². The summed E-state index contributed by atoms with van der Waals surface area (Å²) in [5, 5.41) is 2.59. The van der Waals surface area contributed by atoms with Crippen LogP contribution in [0.15, 0.2) is 71.6 Å². The first-order valence-corrected chi connectivity index (χ1v) is 13.6. The zero-order valence-electron chi connectivity index (χ0n) is 22.3. The largest absolute Gasteiger partial charge is 0.357 e. The van der Waals surface area contributed by atoms with Gasteiger partial charge in [0, 0.05) is 13.6 Å². The molecule has 0 heterocycles. The van der Waals surface area contributed by atoms with Crippen LogP contribution in [-0.2, 0) is 26.2 Å². The van der Waals surface area contributed by atoms with E-state index in [1.165, 1.54) is 11.9 Å². The number of carbonyl (C=O) groups excluding carboxylic acids is 2. The molecule has 0 saturated heterocycles. The van der Waals surface area contributed by atoms with Crippen molar-refractivity contribution >= 4 is 27.5 Å². The Balaban J connectivity index is 2.05. The average Bonchev–Trinajstić information content (AvgIpc) is 2.87. The molecule has 0 aliphatic rings. The van der Waals surface area contributed by atoms with E-state index in [0.29, 0.717) is 5.69 Å². The average molecular weight is 522 g/mol. The fourth-order valence-corrected chi connectivity index (χ4v) is 5.33. The minimum atomic E-state index is -4.07. The van der Waals surface area contributed by atoms with Crippen LogP contribution in [0.25, 0.3) is 0 Å². The van der Waals surface area contributed by atoms with Gasteiger partial charge in [0.1, 0.15) is 12.6 Å². The fourth-order valence-electron chi connectivity index (χ4n) is 3.93. The maximum atomic E-state index is 13.8. The molecular weight excluding hydrogens is 486 g/mol. The van der Waals surface area contributed by atoms with Crippen molar-refractivity contribution in [1.29, 1.82) is 0 Å². The maximum Gasteiger partial charge on any atom is 0.264 e. The smallest absolute Gasteiger partial charge is 0.264 e. The van der Waals surface area contributed by atoms with Crippen LogP contribution in [0, 0.1) is 27.7 Å². The monoisotopic (exact) mass is 521 g/mol. The Morgan fingerprint density at radius 3 is 1.95 bits per heavy atom. The van der Waals surface area contributed by atoms with Gasteiger partial charge in [-0.1, -0.05) is 53.6 Å². The second-order valence-electron chi connectivity index (χ2n) is 9.39. The van der Waals surface area contributed by atoms with E-state index >= 15 is 0 Å². The van der Waals surface area contributed by atoms with Crippen LogP contribution in [0.4, 0.5) is 5.69 Å². The molecule has 0 spiro atoms.